The third-order valence-corrected chi connectivity index (χ3v) is 3.37. The number of hydrogen-bond donors (Lipinski definition) is 1. The SMILES string of the molecule is CCn1c(CC(C)=CCCNC)nc2ccccc21. The van der Waals surface area contributed by atoms with Crippen LogP contribution in [-0.4, -0.2) is 23.1 Å². The zero-order valence-corrected chi connectivity index (χ0v) is 12.1. The van der Waals surface area contributed by atoms with Crippen LogP contribution in [-0.2, 0) is 13.0 Å². The van der Waals surface area contributed by atoms with E-state index in [0.29, 0.717) is 0 Å². The highest BCUT2D eigenvalue weighted by Crippen LogP contribution is 2.18. The molecule has 0 aliphatic carbocycles. The first-order valence-electron chi connectivity index (χ1n) is 7.00. The summed E-state index contributed by atoms with van der Waals surface area (Å²) < 4.78 is 2.31. The second kappa shape index (κ2) is 6.53. The van der Waals surface area contributed by atoms with Gasteiger partial charge in [0.1, 0.15) is 5.82 Å². The number of aryl methyl sites for hydroxylation is 1. The summed E-state index contributed by atoms with van der Waals surface area (Å²) in [4.78, 5) is 4.76. The summed E-state index contributed by atoms with van der Waals surface area (Å²) in [6.07, 6.45) is 4.32. The molecule has 1 aromatic heterocycles. The van der Waals surface area contributed by atoms with Crippen LogP contribution >= 0.6 is 0 Å². The Morgan fingerprint density at radius 3 is 2.89 bits per heavy atom. The number of nitrogens with one attached hydrogen (secondary N) is 1. The van der Waals surface area contributed by atoms with E-state index in [4.69, 9.17) is 4.98 Å². The van der Waals surface area contributed by atoms with E-state index in [2.05, 4.69) is 54.1 Å². The minimum absolute atomic E-state index is 0.937. The number of allylic oxidation sites excluding steroid dienone is 1. The predicted molar refractivity (Wildman–Crippen MR) is 81.4 cm³/mol. The number of rotatable bonds is 6. The van der Waals surface area contributed by atoms with Crippen molar-refractivity contribution >= 4 is 11.0 Å². The quantitative estimate of drug-likeness (QED) is 0.636. The van der Waals surface area contributed by atoms with Gasteiger partial charge in [0, 0.05) is 13.0 Å². The lowest BCUT2D eigenvalue weighted by Crippen LogP contribution is -2.06. The first-order valence-corrected chi connectivity index (χ1v) is 7.00. The summed E-state index contributed by atoms with van der Waals surface area (Å²) in [5, 5.41) is 3.17. The number of para-hydroxylation sites is 2. The third kappa shape index (κ3) is 3.24. The fourth-order valence-electron chi connectivity index (χ4n) is 2.40. The number of hydrogen-bond acceptors (Lipinski definition) is 2. The van der Waals surface area contributed by atoms with Crippen molar-refractivity contribution in [3.05, 3.63) is 41.7 Å². The van der Waals surface area contributed by atoms with Crippen LogP contribution < -0.4 is 5.32 Å². The van der Waals surface area contributed by atoms with Gasteiger partial charge < -0.3 is 9.88 Å². The van der Waals surface area contributed by atoms with Gasteiger partial charge in [0.05, 0.1) is 11.0 Å². The minimum atomic E-state index is 0.937. The maximum Gasteiger partial charge on any atom is 0.113 e. The smallest absolute Gasteiger partial charge is 0.113 e. The second-order valence-electron chi connectivity index (χ2n) is 4.88. The highest BCUT2D eigenvalue weighted by atomic mass is 15.1. The molecule has 0 fully saturated rings. The number of nitrogens with zero attached hydrogens (tertiary/aromatic N) is 2. The van der Waals surface area contributed by atoms with Gasteiger partial charge in [-0.25, -0.2) is 4.98 Å². The van der Waals surface area contributed by atoms with Crippen molar-refractivity contribution in [1.82, 2.24) is 14.9 Å². The minimum Gasteiger partial charge on any atom is -0.328 e. The summed E-state index contributed by atoms with van der Waals surface area (Å²) in [5.74, 6) is 1.17. The van der Waals surface area contributed by atoms with Crippen LogP contribution in [0.15, 0.2) is 35.9 Å². The van der Waals surface area contributed by atoms with Crippen LogP contribution in [0.5, 0.6) is 0 Å². The van der Waals surface area contributed by atoms with E-state index in [-0.39, 0.29) is 0 Å². The molecule has 19 heavy (non-hydrogen) atoms. The standard InChI is InChI=1S/C16H23N3/c1-4-19-15-10-6-5-9-14(15)18-16(19)12-13(2)8-7-11-17-3/h5-6,8-10,17H,4,7,11-12H2,1-3H3. The van der Waals surface area contributed by atoms with Crippen LogP contribution in [0.2, 0.25) is 0 Å². The first kappa shape index (κ1) is 13.8. The molecule has 0 saturated carbocycles. The lowest BCUT2D eigenvalue weighted by atomic mass is 10.1. The van der Waals surface area contributed by atoms with E-state index in [0.717, 1.165) is 31.4 Å². The molecule has 0 atom stereocenters. The van der Waals surface area contributed by atoms with Gasteiger partial charge in [-0.2, -0.15) is 0 Å². The molecular weight excluding hydrogens is 234 g/mol. The van der Waals surface area contributed by atoms with E-state index in [1.807, 2.05) is 7.05 Å². The maximum atomic E-state index is 4.76. The Kier molecular flexibility index (Phi) is 4.74. The summed E-state index contributed by atoms with van der Waals surface area (Å²) >= 11 is 0. The fourth-order valence-corrected chi connectivity index (χ4v) is 2.40. The molecule has 0 unspecified atom stereocenters. The monoisotopic (exact) mass is 257 g/mol. The largest absolute Gasteiger partial charge is 0.328 e. The summed E-state index contributed by atoms with van der Waals surface area (Å²) in [6, 6.07) is 8.37. The molecule has 0 amide bonds. The number of benzene rings is 1. The Labute approximate surface area is 115 Å². The van der Waals surface area contributed by atoms with Crippen LogP contribution in [0, 0.1) is 0 Å². The van der Waals surface area contributed by atoms with Gasteiger partial charge in [-0.3, -0.25) is 0 Å². The normalized spacial score (nSPS) is 12.3. The maximum absolute atomic E-state index is 4.76. The van der Waals surface area contributed by atoms with Gasteiger partial charge in [-0.05, 0) is 46.0 Å². The second-order valence-corrected chi connectivity index (χ2v) is 4.88. The molecule has 0 aliphatic rings. The Morgan fingerprint density at radius 2 is 2.16 bits per heavy atom. The lowest BCUT2D eigenvalue weighted by molar-refractivity contribution is 0.728. The third-order valence-electron chi connectivity index (χ3n) is 3.37. The molecule has 1 heterocycles. The highest BCUT2D eigenvalue weighted by molar-refractivity contribution is 5.75. The molecular formula is C16H23N3. The van der Waals surface area contributed by atoms with E-state index >= 15 is 0 Å². The number of fused-ring (bicyclic) bond motifs is 1. The van der Waals surface area contributed by atoms with Gasteiger partial charge in [0.25, 0.3) is 0 Å². The fraction of sp³-hybridized carbons (Fsp3) is 0.438. The molecule has 2 aromatic rings. The van der Waals surface area contributed by atoms with Crippen LogP contribution in [0.1, 0.15) is 26.1 Å². The van der Waals surface area contributed by atoms with E-state index in [9.17, 15) is 0 Å². The van der Waals surface area contributed by atoms with Crippen molar-refractivity contribution in [2.75, 3.05) is 13.6 Å². The van der Waals surface area contributed by atoms with Gasteiger partial charge in [0.15, 0.2) is 0 Å². The Hall–Kier alpha value is -1.61. The average Bonchev–Trinajstić information content (AvgIpc) is 2.76. The molecule has 3 heteroatoms. The molecule has 0 aliphatic heterocycles. The molecule has 0 spiro atoms. The molecule has 3 nitrogen and oxygen atoms in total. The van der Waals surface area contributed by atoms with Crippen molar-refractivity contribution in [3.8, 4) is 0 Å². The number of aromatic nitrogens is 2. The lowest BCUT2D eigenvalue weighted by Gasteiger charge is -2.06. The Bertz CT molecular complexity index is 566. The van der Waals surface area contributed by atoms with Gasteiger partial charge in [-0.15, -0.1) is 0 Å². The molecule has 0 bridgehead atoms. The molecule has 102 valence electrons. The van der Waals surface area contributed by atoms with Crippen LogP contribution in [0.4, 0.5) is 0 Å². The van der Waals surface area contributed by atoms with Gasteiger partial charge in [-0.1, -0.05) is 23.8 Å². The summed E-state index contributed by atoms with van der Waals surface area (Å²) in [6.45, 7) is 6.37. The number of imidazole rings is 1. The predicted octanol–water partition coefficient (Wildman–Crippen LogP) is 3.15. The summed E-state index contributed by atoms with van der Waals surface area (Å²) in [5.41, 5.74) is 3.73. The molecule has 1 aromatic carbocycles. The summed E-state index contributed by atoms with van der Waals surface area (Å²) in [7, 11) is 1.99. The van der Waals surface area contributed by atoms with Crippen molar-refractivity contribution in [2.24, 2.45) is 0 Å². The van der Waals surface area contributed by atoms with E-state index in [1.165, 1.54) is 16.9 Å². The Morgan fingerprint density at radius 1 is 1.37 bits per heavy atom. The van der Waals surface area contributed by atoms with Crippen LogP contribution in [0.3, 0.4) is 0 Å². The highest BCUT2D eigenvalue weighted by Gasteiger charge is 2.08. The molecule has 2 rings (SSSR count). The van der Waals surface area contributed by atoms with E-state index in [1.54, 1.807) is 0 Å². The molecule has 1 N–H and O–H groups in total. The average molecular weight is 257 g/mol. The zero-order valence-electron chi connectivity index (χ0n) is 12.1. The molecule has 0 saturated heterocycles. The Balaban J connectivity index is 2.22. The van der Waals surface area contributed by atoms with Crippen molar-refractivity contribution in [3.63, 3.8) is 0 Å². The van der Waals surface area contributed by atoms with E-state index < -0.39 is 0 Å². The van der Waals surface area contributed by atoms with Crippen molar-refractivity contribution < 1.29 is 0 Å². The van der Waals surface area contributed by atoms with Gasteiger partial charge in [0.2, 0.25) is 0 Å². The van der Waals surface area contributed by atoms with Crippen molar-refractivity contribution in [1.29, 1.82) is 0 Å². The zero-order chi connectivity index (χ0) is 13.7. The topological polar surface area (TPSA) is 29.9 Å². The van der Waals surface area contributed by atoms with Crippen molar-refractivity contribution in [2.45, 2.75) is 33.2 Å². The van der Waals surface area contributed by atoms with Crippen LogP contribution in [0.25, 0.3) is 11.0 Å². The first-order chi connectivity index (χ1) is 9.26. The van der Waals surface area contributed by atoms with Gasteiger partial charge >= 0.3 is 0 Å². The molecule has 0 radical (unpaired) electrons.